The largest absolute Gasteiger partial charge is 0.438 e. The Hall–Kier alpha value is -2.88. The van der Waals surface area contributed by atoms with Gasteiger partial charge in [0, 0.05) is 25.2 Å². The number of aryl methyl sites for hydroxylation is 2. The van der Waals surface area contributed by atoms with E-state index in [1.165, 1.54) is 22.9 Å². The van der Waals surface area contributed by atoms with Gasteiger partial charge in [-0.1, -0.05) is 0 Å². The van der Waals surface area contributed by atoms with Crippen LogP contribution in [-0.4, -0.2) is 14.7 Å². The first-order chi connectivity index (χ1) is 9.01. The Morgan fingerprint density at radius 1 is 1.47 bits per heavy atom. The van der Waals surface area contributed by atoms with Gasteiger partial charge >= 0.3 is 0 Å². The van der Waals surface area contributed by atoms with Gasteiger partial charge in [-0.05, 0) is 13.0 Å². The maximum Gasteiger partial charge on any atom is 0.271 e. The number of rotatable bonds is 3. The number of benzene rings is 1. The first-order valence-electron chi connectivity index (χ1n) is 5.38. The van der Waals surface area contributed by atoms with E-state index in [0.717, 1.165) is 5.69 Å². The molecule has 1 aromatic heterocycles. The topological polar surface area (TPSA) is 94.0 Å². The molecule has 0 amide bonds. The zero-order chi connectivity index (χ0) is 14.0. The molecule has 0 saturated carbocycles. The van der Waals surface area contributed by atoms with Gasteiger partial charge in [0.15, 0.2) is 0 Å². The molecule has 0 fully saturated rings. The molecule has 0 bridgehead atoms. The van der Waals surface area contributed by atoms with E-state index in [0.29, 0.717) is 5.88 Å². The number of hydrogen-bond acceptors (Lipinski definition) is 5. The summed E-state index contributed by atoms with van der Waals surface area (Å²) in [5.41, 5.74) is 0.732. The molecule has 2 aromatic rings. The van der Waals surface area contributed by atoms with Crippen molar-refractivity contribution in [1.29, 1.82) is 5.26 Å². The van der Waals surface area contributed by atoms with Crippen molar-refractivity contribution in [3.8, 4) is 17.7 Å². The molecule has 0 aliphatic heterocycles. The van der Waals surface area contributed by atoms with Crippen LogP contribution in [-0.2, 0) is 7.05 Å². The maximum atomic E-state index is 10.6. The second kappa shape index (κ2) is 4.78. The lowest BCUT2D eigenvalue weighted by Crippen LogP contribution is -1.97. The summed E-state index contributed by atoms with van der Waals surface area (Å²) >= 11 is 0. The van der Waals surface area contributed by atoms with E-state index in [4.69, 9.17) is 10.00 Å². The molecule has 96 valence electrons. The van der Waals surface area contributed by atoms with Crippen molar-refractivity contribution in [3.05, 3.63) is 45.6 Å². The van der Waals surface area contributed by atoms with E-state index in [2.05, 4.69) is 5.10 Å². The van der Waals surface area contributed by atoms with Gasteiger partial charge in [0.2, 0.25) is 5.88 Å². The fourth-order valence-corrected chi connectivity index (χ4v) is 1.60. The third kappa shape index (κ3) is 2.52. The quantitative estimate of drug-likeness (QED) is 0.621. The van der Waals surface area contributed by atoms with Crippen LogP contribution in [0.3, 0.4) is 0 Å². The van der Waals surface area contributed by atoms with Crippen molar-refractivity contribution < 1.29 is 9.66 Å². The molecule has 7 heteroatoms. The number of nitriles is 1. The lowest BCUT2D eigenvalue weighted by Gasteiger charge is -2.06. The predicted molar refractivity (Wildman–Crippen MR) is 65.8 cm³/mol. The number of ether oxygens (including phenoxy) is 1. The third-order valence-electron chi connectivity index (χ3n) is 2.47. The Bertz CT molecular complexity index is 685. The maximum absolute atomic E-state index is 10.6. The first kappa shape index (κ1) is 12.6. The van der Waals surface area contributed by atoms with E-state index in [1.807, 2.05) is 13.0 Å². The molecule has 7 nitrogen and oxygen atoms in total. The lowest BCUT2D eigenvalue weighted by atomic mass is 10.2. The molecule has 0 saturated heterocycles. The summed E-state index contributed by atoms with van der Waals surface area (Å²) in [4.78, 5) is 10.1. The van der Waals surface area contributed by atoms with E-state index in [-0.39, 0.29) is 17.0 Å². The monoisotopic (exact) mass is 258 g/mol. The summed E-state index contributed by atoms with van der Waals surface area (Å²) in [6, 6.07) is 7.46. The van der Waals surface area contributed by atoms with Crippen LogP contribution in [0.25, 0.3) is 0 Å². The second-order valence-corrected chi connectivity index (χ2v) is 3.90. The van der Waals surface area contributed by atoms with Crippen LogP contribution in [0.2, 0.25) is 0 Å². The molecule has 0 spiro atoms. The van der Waals surface area contributed by atoms with E-state index < -0.39 is 4.92 Å². The molecule has 1 aromatic carbocycles. The lowest BCUT2D eigenvalue weighted by molar-refractivity contribution is -0.384. The highest BCUT2D eigenvalue weighted by Gasteiger charge is 2.13. The molecule has 2 rings (SSSR count). The van der Waals surface area contributed by atoms with E-state index >= 15 is 0 Å². The van der Waals surface area contributed by atoms with Gasteiger partial charge in [-0.3, -0.25) is 10.1 Å². The van der Waals surface area contributed by atoms with Crippen LogP contribution >= 0.6 is 0 Å². The summed E-state index contributed by atoms with van der Waals surface area (Å²) in [5, 5.41) is 23.7. The van der Waals surface area contributed by atoms with Crippen LogP contribution in [0.5, 0.6) is 11.6 Å². The van der Waals surface area contributed by atoms with E-state index in [9.17, 15) is 10.1 Å². The van der Waals surface area contributed by atoms with Gasteiger partial charge in [0.05, 0.1) is 10.6 Å². The van der Waals surface area contributed by atoms with Crippen molar-refractivity contribution in [2.24, 2.45) is 7.05 Å². The average Bonchev–Trinajstić information content (AvgIpc) is 2.68. The van der Waals surface area contributed by atoms with Crippen molar-refractivity contribution in [3.63, 3.8) is 0 Å². The molecule has 0 unspecified atom stereocenters. The zero-order valence-electron chi connectivity index (χ0n) is 10.3. The number of nitro benzene ring substituents is 1. The number of non-ortho nitro benzene ring substituents is 1. The van der Waals surface area contributed by atoms with Crippen molar-refractivity contribution in [2.45, 2.75) is 6.92 Å². The van der Waals surface area contributed by atoms with E-state index in [1.54, 1.807) is 13.1 Å². The second-order valence-electron chi connectivity index (χ2n) is 3.90. The van der Waals surface area contributed by atoms with Crippen molar-refractivity contribution in [1.82, 2.24) is 9.78 Å². The minimum Gasteiger partial charge on any atom is -0.438 e. The van der Waals surface area contributed by atoms with Crippen LogP contribution in [0.1, 0.15) is 11.3 Å². The van der Waals surface area contributed by atoms with Gasteiger partial charge in [-0.15, -0.1) is 0 Å². The molecule has 0 atom stereocenters. The predicted octanol–water partition coefficient (Wildman–Crippen LogP) is 2.30. The minimum atomic E-state index is -0.557. The molecular weight excluding hydrogens is 248 g/mol. The Labute approximate surface area is 108 Å². The number of nitrogens with zero attached hydrogens (tertiary/aromatic N) is 4. The Morgan fingerprint density at radius 2 is 2.21 bits per heavy atom. The SMILES string of the molecule is Cc1cc(Oc2ccc([N+](=O)[O-])cc2C#N)n(C)n1. The van der Waals surface area contributed by atoms with Crippen LogP contribution in [0.15, 0.2) is 24.3 Å². The third-order valence-corrected chi connectivity index (χ3v) is 2.47. The van der Waals surface area contributed by atoms with Crippen LogP contribution in [0, 0.1) is 28.4 Å². The Kier molecular flexibility index (Phi) is 3.16. The number of nitro groups is 1. The summed E-state index contributed by atoms with van der Waals surface area (Å²) in [6.45, 7) is 1.81. The molecule has 0 N–H and O–H groups in total. The molecule has 0 aliphatic rings. The van der Waals surface area contributed by atoms with Gasteiger partial charge in [0.25, 0.3) is 5.69 Å². The van der Waals surface area contributed by atoms with Crippen molar-refractivity contribution in [2.75, 3.05) is 0 Å². The smallest absolute Gasteiger partial charge is 0.271 e. The Balaban J connectivity index is 2.38. The van der Waals surface area contributed by atoms with Gasteiger partial charge in [0.1, 0.15) is 17.4 Å². The van der Waals surface area contributed by atoms with Gasteiger partial charge in [-0.25, -0.2) is 4.68 Å². The highest BCUT2D eigenvalue weighted by molar-refractivity contribution is 5.51. The fraction of sp³-hybridized carbons (Fsp3) is 0.167. The summed E-state index contributed by atoms with van der Waals surface area (Å²) < 4.78 is 7.07. The summed E-state index contributed by atoms with van der Waals surface area (Å²) in [7, 11) is 1.71. The fourth-order valence-electron chi connectivity index (χ4n) is 1.60. The highest BCUT2D eigenvalue weighted by atomic mass is 16.6. The normalized spacial score (nSPS) is 9.95. The minimum absolute atomic E-state index is 0.105. The molecule has 1 heterocycles. The molecule has 0 radical (unpaired) electrons. The number of aromatic nitrogens is 2. The first-order valence-corrected chi connectivity index (χ1v) is 5.38. The summed E-state index contributed by atoms with van der Waals surface area (Å²) in [5.74, 6) is 0.721. The molecular formula is C12H10N4O3. The van der Waals surface area contributed by atoms with Crippen molar-refractivity contribution >= 4 is 5.69 Å². The standard InChI is InChI=1S/C12H10N4O3/c1-8-5-12(15(2)14-8)19-11-4-3-10(16(17)18)6-9(11)7-13/h3-6H,1-2H3. The summed E-state index contributed by atoms with van der Waals surface area (Å²) in [6.07, 6.45) is 0. The highest BCUT2D eigenvalue weighted by Crippen LogP contribution is 2.28. The molecule has 0 aliphatic carbocycles. The molecule has 19 heavy (non-hydrogen) atoms. The zero-order valence-corrected chi connectivity index (χ0v) is 10.3. The van der Waals surface area contributed by atoms with Crippen LogP contribution < -0.4 is 4.74 Å². The van der Waals surface area contributed by atoms with Crippen LogP contribution in [0.4, 0.5) is 5.69 Å². The number of hydrogen-bond donors (Lipinski definition) is 0. The van der Waals surface area contributed by atoms with Gasteiger partial charge < -0.3 is 4.74 Å². The van der Waals surface area contributed by atoms with Gasteiger partial charge in [-0.2, -0.15) is 10.4 Å². The Morgan fingerprint density at radius 3 is 2.74 bits per heavy atom. The average molecular weight is 258 g/mol.